The van der Waals surface area contributed by atoms with E-state index < -0.39 is 0 Å². The third kappa shape index (κ3) is 1.98. The second kappa shape index (κ2) is 4.19. The predicted octanol–water partition coefficient (Wildman–Crippen LogP) is 3.94. The van der Waals surface area contributed by atoms with E-state index in [9.17, 15) is 4.79 Å². The van der Waals surface area contributed by atoms with Crippen molar-refractivity contribution in [2.24, 2.45) is 0 Å². The van der Waals surface area contributed by atoms with E-state index in [1.54, 1.807) is 6.07 Å². The summed E-state index contributed by atoms with van der Waals surface area (Å²) in [5.74, 6) is 0.0983. The van der Waals surface area contributed by atoms with Crippen LogP contribution < -0.4 is 0 Å². The molecule has 2 rings (SSSR count). The zero-order valence-corrected chi connectivity index (χ0v) is 9.47. The summed E-state index contributed by atoms with van der Waals surface area (Å²) in [6.45, 7) is 1.92. The molecule has 0 heterocycles. The van der Waals surface area contributed by atoms with E-state index in [0.717, 1.165) is 30.4 Å². The van der Waals surface area contributed by atoms with Crippen LogP contribution in [0.15, 0.2) is 29.8 Å². The van der Waals surface area contributed by atoms with E-state index in [1.807, 2.05) is 25.1 Å². The molecule has 1 aromatic rings. The molecule has 0 radical (unpaired) electrons. The fourth-order valence-electron chi connectivity index (χ4n) is 1.87. The van der Waals surface area contributed by atoms with Gasteiger partial charge in [0.1, 0.15) is 0 Å². The number of ketones is 1. The second-order valence-corrected chi connectivity index (χ2v) is 4.27. The van der Waals surface area contributed by atoms with Gasteiger partial charge in [0.05, 0.1) is 5.02 Å². The van der Waals surface area contributed by atoms with Gasteiger partial charge >= 0.3 is 0 Å². The van der Waals surface area contributed by atoms with Crippen LogP contribution in [0.25, 0.3) is 0 Å². The number of benzene rings is 1. The van der Waals surface area contributed by atoms with E-state index in [2.05, 4.69) is 0 Å². The Hall–Kier alpha value is -1.08. The molecule has 0 amide bonds. The molecule has 0 spiro atoms. The summed E-state index contributed by atoms with van der Waals surface area (Å²) in [7, 11) is 0. The summed E-state index contributed by atoms with van der Waals surface area (Å²) in [5.41, 5.74) is 2.52. The molecular formula is C13H13ClO. The predicted molar refractivity (Wildman–Crippen MR) is 62.5 cm³/mol. The fraction of sp³-hybridized carbons (Fsp3) is 0.308. The van der Waals surface area contributed by atoms with Gasteiger partial charge in [0.2, 0.25) is 0 Å². The van der Waals surface area contributed by atoms with Gasteiger partial charge in [-0.1, -0.05) is 29.8 Å². The van der Waals surface area contributed by atoms with Crippen LogP contribution in [0.3, 0.4) is 0 Å². The van der Waals surface area contributed by atoms with Gasteiger partial charge in [-0.25, -0.2) is 0 Å². The van der Waals surface area contributed by atoms with Crippen molar-refractivity contribution in [1.29, 1.82) is 0 Å². The Bertz CT molecular complexity index is 432. The van der Waals surface area contributed by atoms with Gasteiger partial charge in [0.25, 0.3) is 0 Å². The van der Waals surface area contributed by atoms with Crippen molar-refractivity contribution in [3.05, 3.63) is 46.0 Å². The number of carbonyl (C=O) groups excluding carboxylic acids is 1. The van der Waals surface area contributed by atoms with Crippen LogP contribution in [-0.4, -0.2) is 5.78 Å². The van der Waals surface area contributed by atoms with Crippen LogP contribution in [0.5, 0.6) is 0 Å². The molecule has 0 bridgehead atoms. The number of carbonyl (C=O) groups is 1. The molecule has 0 unspecified atom stereocenters. The van der Waals surface area contributed by atoms with E-state index in [-0.39, 0.29) is 5.78 Å². The zero-order chi connectivity index (χ0) is 10.8. The van der Waals surface area contributed by atoms with Gasteiger partial charge in [-0.2, -0.15) is 0 Å². The second-order valence-electron chi connectivity index (χ2n) is 3.89. The van der Waals surface area contributed by atoms with Crippen molar-refractivity contribution in [1.82, 2.24) is 0 Å². The average Bonchev–Trinajstić information content (AvgIpc) is 2.74. The molecule has 0 saturated heterocycles. The molecule has 0 fully saturated rings. The monoisotopic (exact) mass is 220 g/mol. The maximum absolute atomic E-state index is 12.1. The number of Topliss-reactive ketones (excluding diaryl/α,β-unsaturated/α-hetero) is 1. The molecule has 1 aliphatic rings. The van der Waals surface area contributed by atoms with Gasteiger partial charge in [-0.3, -0.25) is 4.79 Å². The lowest BCUT2D eigenvalue weighted by Crippen LogP contribution is -2.03. The Morgan fingerprint density at radius 3 is 2.87 bits per heavy atom. The SMILES string of the molecule is Cc1cccc(C(=O)C2=CCCC2)c1Cl. The van der Waals surface area contributed by atoms with Crippen molar-refractivity contribution in [3.63, 3.8) is 0 Å². The molecule has 0 aromatic heterocycles. The third-order valence-corrected chi connectivity index (χ3v) is 3.27. The highest BCUT2D eigenvalue weighted by Crippen LogP contribution is 2.27. The van der Waals surface area contributed by atoms with Gasteiger partial charge in [0.15, 0.2) is 5.78 Å². The summed E-state index contributed by atoms with van der Waals surface area (Å²) >= 11 is 6.12. The zero-order valence-electron chi connectivity index (χ0n) is 8.72. The summed E-state index contributed by atoms with van der Waals surface area (Å²) in [6, 6.07) is 5.60. The first kappa shape index (κ1) is 10.4. The number of rotatable bonds is 2. The molecule has 0 aliphatic heterocycles. The molecule has 1 aliphatic carbocycles. The number of halogens is 1. The van der Waals surface area contributed by atoms with Crippen molar-refractivity contribution < 1.29 is 4.79 Å². The minimum atomic E-state index is 0.0983. The topological polar surface area (TPSA) is 17.1 Å². The van der Waals surface area contributed by atoms with Crippen LogP contribution in [0.1, 0.15) is 35.2 Å². The lowest BCUT2D eigenvalue weighted by molar-refractivity contribution is 0.103. The van der Waals surface area contributed by atoms with Gasteiger partial charge in [-0.05, 0) is 43.4 Å². The highest BCUT2D eigenvalue weighted by atomic mass is 35.5. The summed E-state index contributed by atoms with van der Waals surface area (Å²) in [6.07, 6.45) is 5.03. The number of hydrogen-bond acceptors (Lipinski definition) is 1. The Labute approximate surface area is 94.8 Å². The number of allylic oxidation sites excluding steroid dienone is 2. The fourth-order valence-corrected chi connectivity index (χ4v) is 2.08. The third-order valence-electron chi connectivity index (χ3n) is 2.77. The van der Waals surface area contributed by atoms with E-state index in [0.29, 0.717) is 10.6 Å². The maximum atomic E-state index is 12.1. The van der Waals surface area contributed by atoms with Gasteiger partial charge in [-0.15, -0.1) is 0 Å². The maximum Gasteiger partial charge on any atom is 0.190 e. The normalized spacial score (nSPS) is 15.2. The minimum Gasteiger partial charge on any atom is -0.289 e. The summed E-state index contributed by atoms with van der Waals surface area (Å²) < 4.78 is 0. The smallest absolute Gasteiger partial charge is 0.190 e. The summed E-state index contributed by atoms with van der Waals surface area (Å²) in [5, 5.41) is 0.593. The van der Waals surface area contributed by atoms with Crippen LogP contribution in [0, 0.1) is 6.92 Å². The first-order chi connectivity index (χ1) is 7.20. The van der Waals surface area contributed by atoms with Gasteiger partial charge < -0.3 is 0 Å². The van der Waals surface area contributed by atoms with Crippen LogP contribution in [0.4, 0.5) is 0 Å². The van der Waals surface area contributed by atoms with Crippen molar-refractivity contribution in [3.8, 4) is 0 Å². The number of aryl methyl sites for hydroxylation is 1. The Morgan fingerprint density at radius 2 is 2.20 bits per heavy atom. The lowest BCUT2D eigenvalue weighted by Gasteiger charge is -2.06. The molecule has 0 N–H and O–H groups in total. The summed E-state index contributed by atoms with van der Waals surface area (Å²) in [4.78, 5) is 12.1. The van der Waals surface area contributed by atoms with Crippen molar-refractivity contribution in [2.75, 3.05) is 0 Å². The lowest BCUT2D eigenvalue weighted by atomic mass is 10.0. The molecule has 0 saturated carbocycles. The van der Waals surface area contributed by atoms with Crippen molar-refractivity contribution in [2.45, 2.75) is 26.2 Å². The Kier molecular flexibility index (Phi) is 2.92. The van der Waals surface area contributed by atoms with Crippen LogP contribution in [-0.2, 0) is 0 Å². The van der Waals surface area contributed by atoms with E-state index >= 15 is 0 Å². The van der Waals surface area contributed by atoms with Crippen molar-refractivity contribution >= 4 is 17.4 Å². The Balaban J connectivity index is 2.37. The molecule has 1 nitrogen and oxygen atoms in total. The average molecular weight is 221 g/mol. The molecule has 15 heavy (non-hydrogen) atoms. The molecular weight excluding hydrogens is 208 g/mol. The standard InChI is InChI=1S/C13H13ClO/c1-9-5-4-8-11(12(9)14)13(15)10-6-2-3-7-10/h4-6,8H,2-3,7H2,1H3. The number of hydrogen-bond donors (Lipinski definition) is 0. The molecule has 1 aromatic carbocycles. The van der Waals surface area contributed by atoms with Crippen LogP contribution >= 0.6 is 11.6 Å². The quantitative estimate of drug-likeness (QED) is 0.690. The van der Waals surface area contributed by atoms with Gasteiger partial charge in [0, 0.05) is 5.56 Å². The van der Waals surface area contributed by atoms with E-state index in [1.165, 1.54) is 0 Å². The van der Waals surface area contributed by atoms with Crippen LogP contribution in [0.2, 0.25) is 5.02 Å². The molecule has 2 heteroatoms. The highest BCUT2D eigenvalue weighted by molar-refractivity contribution is 6.35. The minimum absolute atomic E-state index is 0.0983. The first-order valence-electron chi connectivity index (χ1n) is 5.19. The molecule has 78 valence electrons. The van der Waals surface area contributed by atoms with E-state index in [4.69, 9.17) is 11.6 Å². The molecule has 0 atom stereocenters. The highest BCUT2D eigenvalue weighted by Gasteiger charge is 2.18. The first-order valence-corrected chi connectivity index (χ1v) is 5.57. The largest absolute Gasteiger partial charge is 0.289 e. The Morgan fingerprint density at radius 1 is 1.40 bits per heavy atom.